The van der Waals surface area contributed by atoms with Crippen molar-refractivity contribution in [3.05, 3.63) is 27.7 Å². The summed E-state index contributed by atoms with van der Waals surface area (Å²) in [5.41, 5.74) is -3.70. The summed E-state index contributed by atoms with van der Waals surface area (Å²) in [6.07, 6.45) is 0.0777. The quantitative estimate of drug-likeness (QED) is 0.429. The van der Waals surface area contributed by atoms with E-state index in [0.717, 1.165) is 0 Å². The van der Waals surface area contributed by atoms with Gasteiger partial charge in [-0.3, -0.25) is 4.79 Å². The monoisotopic (exact) mass is 530 g/mol. The van der Waals surface area contributed by atoms with Crippen molar-refractivity contribution >= 4 is 28.0 Å². The number of likely N-dealkylation sites (tertiary alicyclic amines) is 1. The molecule has 1 aromatic heterocycles. The number of rotatable bonds is 4. The number of hydrogen-bond acceptors (Lipinski definition) is 6. The highest BCUT2D eigenvalue weighted by atomic mass is 79.9. The minimum atomic E-state index is -1.43. The van der Waals surface area contributed by atoms with Crippen LogP contribution in [0.4, 0.5) is 9.18 Å². The van der Waals surface area contributed by atoms with Crippen LogP contribution >= 0.6 is 15.9 Å². The third-order valence-corrected chi connectivity index (χ3v) is 5.77. The molecule has 1 aliphatic rings. The zero-order valence-corrected chi connectivity index (χ0v) is 22.4. The average molecular weight is 531 g/mol. The van der Waals surface area contributed by atoms with Crippen LogP contribution in [0.25, 0.3) is 0 Å². The average Bonchev–Trinajstić information content (AvgIpc) is 2.61. The van der Waals surface area contributed by atoms with Crippen LogP contribution in [-0.2, 0) is 26.3 Å². The molecule has 7 nitrogen and oxygen atoms in total. The predicted molar refractivity (Wildman–Crippen MR) is 126 cm³/mol. The number of carbonyl (C=O) groups excluding carboxylic acids is 2. The number of ether oxygens (including phenoxy) is 2. The molecule has 0 spiro atoms. The molecule has 1 amide bonds. The zero-order valence-electron chi connectivity index (χ0n) is 20.8. The molecule has 1 N–H and O–H groups in total. The Hall–Kier alpha value is -1.74. The van der Waals surface area contributed by atoms with Crippen LogP contribution in [-0.4, -0.2) is 51.3 Å². The topological polar surface area (TPSA) is 89.0 Å². The van der Waals surface area contributed by atoms with Gasteiger partial charge in [0.1, 0.15) is 15.8 Å². The largest absolute Gasteiger partial charge is 0.460 e. The van der Waals surface area contributed by atoms with Gasteiger partial charge in [0, 0.05) is 25.1 Å². The number of esters is 1. The second-order valence-electron chi connectivity index (χ2n) is 11.2. The van der Waals surface area contributed by atoms with Gasteiger partial charge in [0.15, 0.2) is 5.82 Å². The van der Waals surface area contributed by atoms with E-state index >= 15 is 4.39 Å². The molecule has 186 valence electrons. The molecule has 2 rings (SSSR count). The first kappa shape index (κ1) is 27.5. The molecule has 1 aliphatic heterocycles. The SMILES string of the molecule is CC(C)(C)OC(=O)N1CCC(Cc2nc(Br)cc(C(C)(C)O)c2F)(C(=O)OC(C)(C)C)CC1. The number of carbonyl (C=O) groups is 2. The molecule has 0 saturated carbocycles. The summed E-state index contributed by atoms with van der Waals surface area (Å²) < 4.78 is 26.9. The van der Waals surface area contributed by atoms with E-state index in [4.69, 9.17) is 9.47 Å². The fourth-order valence-electron chi connectivity index (χ4n) is 3.71. The summed E-state index contributed by atoms with van der Waals surface area (Å²) in [6.45, 7) is 14.2. The Kier molecular flexibility index (Phi) is 7.91. The van der Waals surface area contributed by atoms with E-state index in [1.165, 1.54) is 19.9 Å². The Balaban J connectivity index is 2.39. The molecular weight excluding hydrogens is 495 g/mol. The van der Waals surface area contributed by atoms with Crippen molar-refractivity contribution < 1.29 is 28.6 Å². The number of amides is 1. The minimum absolute atomic E-state index is 0.0155. The molecule has 1 fully saturated rings. The number of nitrogens with zero attached hydrogens (tertiary/aromatic N) is 2. The van der Waals surface area contributed by atoms with Gasteiger partial charge in [-0.25, -0.2) is 14.2 Å². The minimum Gasteiger partial charge on any atom is -0.460 e. The second kappa shape index (κ2) is 9.49. The summed E-state index contributed by atoms with van der Waals surface area (Å²) in [7, 11) is 0. The predicted octanol–water partition coefficient (Wildman–Crippen LogP) is 5.11. The maximum absolute atomic E-state index is 15.4. The van der Waals surface area contributed by atoms with Crippen LogP contribution in [0, 0.1) is 11.2 Å². The van der Waals surface area contributed by atoms with E-state index < -0.39 is 40.1 Å². The van der Waals surface area contributed by atoms with E-state index in [-0.39, 0.29) is 43.6 Å². The Morgan fingerprint density at radius 1 is 1.09 bits per heavy atom. The Morgan fingerprint density at radius 3 is 2.06 bits per heavy atom. The summed E-state index contributed by atoms with van der Waals surface area (Å²) in [5, 5.41) is 10.4. The molecule has 0 aromatic carbocycles. The first-order valence-electron chi connectivity index (χ1n) is 11.1. The van der Waals surface area contributed by atoms with E-state index in [9.17, 15) is 14.7 Å². The maximum Gasteiger partial charge on any atom is 0.410 e. The maximum atomic E-state index is 15.4. The fraction of sp³-hybridized carbons (Fsp3) is 0.708. The number of halogens is 2. The van der Waals surface area contributed by atoms with Gasteiger partial charge in [0.05, 0.1) is 16.7 Å². The van der Waals surface area contributed by atoms with Crippen molar-refractivity contribution in [1.29, 1.82) is 0 Å². The van der Waals surface area contributed by atoms with E-state index in [1.807, 2.05) is 0 Å². The highest BCUT2D eigenvalue weighted by molar-refractivity contribution is 9.10. The lowest BCUT2D eigenvalue weighted by Gasteiger charge is -2.41. The van der Waals surface area contributed by atoms with Gasteiger partial charge < -0.3 is 19.5 Å². The van der Waals surface area contributed by atoms with Crippen molar-refractivity contribution in [2.45, 2.75) is 91.5 Å². The van der Waals surface area contributed by atoms with Crippen molar-refractivity contribution in [1.82, 2.24) is 9.88 Å². The molecule has 2 heterocycles. The van der Waals surface area contributed by atoms with Crippen LogP contribution in [0.5, 0.6) is 0 Å². The second-order valence-corrected chi connectivity index (χ2v) is 12.1. The van der Waals surface area contributed by atoms with Crippen LogP contribution in [0.2, 0.25) is 0 Å². The molecule has 0 atom stereocenters. The van der Waals surface area contributed by atoms with Crippen LogP contribution < -0.4 is 0 Å². The molecule has 0 radical (unpaired) electrons. The number of aromatic nitrogens is 1. The summed E-state index contributed by atoms with van der Waals surface area (Å²) >= 11 is 3.29. The molecular formula is C24H36BrFN2O5. The van der Waals surface area contributed by atoms with Crippen molar-refractivity contribution in [3.8, 4) is 0 Å². The number of hydrogen-bond donors (Lipinski definition) is 1. The lowest BCUT2D eigenvalue weighted by Crippen LogP contribution is -2.50. The van der Waals surface area contributed by atoms with E-state index in [0.29, 0.717) is 4.60 Å². The van der Waals surface area contributed by atoms with Gasteiger partial charge in [-0.05, 0) is 90.2 Å². The normalized spacial score (nSPS) is 17.0. The molecule has 9 heteroatoms. The van der Waals surface area contributed by atoms with Gasteiger partial charge in [0.2, 0.25) is 0 Å². The number of pyridine rings is 1. The Bertz CT molecular complexity index is 892. The molecule has 0 unspecified atom stereocenters. The van der Waals surface area contributed by atoms with Gasteiger partial charge >= 0.3 is 12.1 Å². The molecule has 33 heavy (non-hydrogen) atoms. The van der Waals surface area contributed by atoms with Crippen molar-refractivity contribution in [2.75, 3.05) is 13.1 Å². The Morgan fingerprint density at radius 2 is 1.61 bits per heavy atom. The van der Waals surface area contributed by atoms with Gasteiger partial charge in [-0.1, -0.05) is 0 Å². The number of aliphatic hydroxyl groups is 1. The van der Waals surface area contributed by atoms with E-state index in [1.54, 1.807) is 46.4 Å². The van der Waals surface area contributed by atoms with Crippen LogP contribution in [0.15, 0.2) is 10.7 Å². The van der Waals surface area contributed by atoms with Crippen molar-refractivity contribution in [3.63, 3.8) is 0 Å². The van der Waals surface area contributed by atoms with Gasteiger partial charge in [-0.2, -0.15) is 0 Å². The zero-order chi connectivity index (χ0) is 25.4. The molecule has 1 saturated heterocycles. The number of piperidine rings is 1. The summed E-state index contributed by atoms with van der Waals surface area (Å²) in [5.74, 6) is -1.10. The standard InChI is InChI=1S/C24H36BrFN2O5/c1-21(2,3)32-19(29)24(9-11-28(12-10-24)20(30)33-22(4,5)6)14-16-18(26)15(23(7,8)31)13-17(25)27-16/h13,31H,9-12,14H2,1-8H3. The Labute approximate surface area is 204 Å². The molecule has 0 aliphatic carbocycles. The molecule has 1 aromatic rings. The third kappa shape index (κ3) is 7.37. The fourth-order valence-corrected chi connectivity index (χ4v) is 4.16. The van der Waals surface area contributed by atoms with Gasteiger partial charge in [0.25, 0.3) is 0 Å². The van der Waals surface area contributed by atoms with Crippen LogP contribution in [0.3, 0.4) is 0 Å². The van der Waals surface area contributed by atoms with E-state index in [2.05, 4.69) is 20.9 Å². The lowest BCUT2D eigenvalue weighted by molar-refractivity contribution is -0.171. The first-order chi connectivity index (χ1) is 14.8. The highest BCUT2D eigenvalue weighted by Crippen LogP contribution is 2.39. The summed E-state index contributed by atoms with van der Waals surface area (Å²) in [6, 6.07) is 1.43. The third-order valence-electron chi connectivity index (χ3n) is 5.36. The van der Waals surface area contributed by atoms with Gasteiger partial charge in [-0.15, -0.1) is 0 Å². The summed E-state index contributed by atoms with van der Waals surface area (Å²) in [4.78, 5) is 31.7. The molecule has 0 bridgehead atoms. The smallest absolute Gasteiger partial charge is 0.410 e. The lowest BCUT2D eigenvalue weighted by atomic mass is 9.74. The first-order valence-corrected chi connectivity index (χ1v) is 11.9. The van der Waals surface area contributed by atoms with Crippen molar-refractivity contribution in [2.24, 2.45) is 5.41 Å². The highest BCUT2D eigenvalue weighted by Gasteiger charge is 2.46. The van der Waals surface area contributed by atoms with Crippen LogP contribution in [0.1, 0.15) is 79.5 Å².